The molecule has 1 N–H and O–H groups in total. The fraction of sp³-hybridized carbons (Fsp3) is 0. The summed E-state index contributed by atoms with van der Waals surface area (Å²) in [7, 11) is 0. The largest absolute Gasteiger partial charge is 0.295 e. The summed E-state index contributed by atoms with van der Waals surface area (Å²) in [6.07, 6.45) is 6.93. The first-order chi connectivity index (χ1) is 13.3. The SMILES string of the molecule is Fc1ccc2c(c1)nc(N/N=C/c1ccnc3ccccc13)c1nccn12. The maximum atomic E-state index is 13.6. The van der Waals surface area contributed by atoms with Crippen LogP contribution in [0.4, 0.5) is 10.2 Å². The van der Waals surface area contributed by atoms with Crippen LogP contribution in [0.25, 0.3) is 27.6 Å². The minimum Gasteiger partial charge on any atom is -0.295 e. The fourth-order valence-electron chi connectivity index (χ4n) is 3.10. The molecule has 0 atom stereocenters. The lowest BCUT2D eigenvalue weighted by Gasteiger charge is -2.07. The molecule has 3 heterocycles. The number of imidazole rings is 1. The maximum Gasteiger partial charge on any atom is 0.191 e. The predicted molar refractivity (Wildman–Crippen MR) is 103 cm³/mol. The molecule has 0 saturated carbocycles. The summed E-state index contributed by atoms with van der Waals surface area (Å²) in [5.41, 5.74) is 6.67. The molecule has 0 bridgehead atoms. The highest BCUT2D eigenvalue weighted by atomic mass is 19.1. The van der Waals surface area contributed by atoms with Crippen LogP contribution in [0.5, 0.6) is 0 Å². The van der Waals surface area contributed by atoms with Crippen molar-refractivity contribution in [3.05, 3.63) is 78.5 Å². The minimum absolute atomic E-state index is 0.341. The van der Waals surface area contributed by atoms with E-state index >= 15 is 0 Å². The van der Waals surface area contributed by atoms with Gasteiger partial charge in [-0.15, -0.1) is 0 Å². The van der Waals surface area contributed by atoms with Crippen molar-refractivity contribution >= 4 is 39.6 Å². The van der Waals surface area contributed by atoms with Gasteiger partial charge in [0.05, 0.1) is 22.8 Å². The van der Waals surface area contributed by atoms with Gasteiger partial charge in [0.2, 0.25) is 0 Å². The number of nitrogens with zero attached hydrogens (tertiary/aromatic N) is 5. The summed E-state index contributed by atoms with van der Waals surface area (Å²) in [6.45, 7) is 0. The van der Waals surface area contributed by atoms with E-state index in [1.807, 2.05) is 40.9 Å². The third-order valence-electron chi connectivity index (χ3n) is 4.34. The number of hydrazone groups is 1. The molecule has 7 heteroatoms. The molecular formula is C20H13FN6. The highest BCUT2D eigenvalue weighted by Crippen LogP contribution is 2.21. The Labute approximate surface area is 153 Å². The van der Waals surface area contributed by atoms with Gasteiger partial charge in [-0.25, -0.2) is 14.4 Å². The van der Waals surface area contributed by atoms with Crippen LogP contribution in [-0.4, -0.2) is 25.6 Å². The molecule has 0 unspecified atom stereocenters. The van der Waals surface area contributed by atoms with Gasteiger partial charge in [-0.05, 0) is 24.3 Å². The van der Waals surface area contributed by atoms with E-state index in [9.17, 15) is 4.39 Å². The Hall–Kier alpha value is -3.87. The molecule has 27 heavy (non-hydrogen) atoms. The average Bonchev–Trinajstić information content (AvgIpc) is 3.18. The Morgan fingerprint density at radius 3 is 2.89 bits per heavy atom. The smallest absolute Gasteiger partial charge is 0.191 e. The van der Waals surface area contributed by atoms with Gasteiger partial charge >= 0.3 is 0 Å². The van der Waals surface area contributed by atoms with Crippen molar-refractivity contribution in [2.24, 2.45) is 5.10 Å². The number of pyridine rings is 1. The molecule has 3 aromatic heterocycles. The number of aromatic nitrogens is 4. The van der Waals surface area contributed by atoms with Gasteiger partial charge in [0.25, 0.3) is 0 Å². The molecule has 2 aromatic carbocycles. The fourth-order valence-corrected chi connectivity index (χ4v) is 3.10. The van der Waals surface area contributed by atoms with Gasteiger partial charge in [0.1, 0.15) is 5.82 Å². The predicted octanol–water partition coefficient (Wildman–Crippen LogP) is 4.02. The van der Waals surface area contributed by atoms with Gasteiger partial charge in [0, 0.05) is 35.6 Å². The second-order valence-electron chi connectivity index (χ2n) is 6.00. The molecule has 0 fully saturated rings. The van der Waals surface area contributed by atoms with Crippen LogP contribution in [0.15, 0.2) is 72.2 Å². The molecule has 0 aliphatic heterocycles. The summed E-state index contributed by atoms with van der Waals surface area (Å²) in [4.78, 5) is 13.1. The van der Waals surface area contributed by atoms with Gasteiger partial charge in [-0.2, -0.15) is 5.10 Å². The van der Waals surface area contributed by atoms with Gasteiger partial charge < -0.3 is 0 Å². The molecule has 5 aromatic rings. The Balaban J connectivity index is 1.56. The van der Waals surface area contributed by atoms with Crippen molar-refractivity contribution in [1.29, 1.82) is 0 Å². The third kappa shape index (κ3) is 2.65. The van der Waals surface area contributed by atoms with E-state index in [4.69, 9.17) is 0 Å². The Morgan fingerprint density at radius 1 is 1.00 bits per heavy atom. The summed E-state index contributed by atoms with van der Waals surface area (Å²) >= 11 is 0. The normalized spacial score (nSPS) is 11.7. The van der Waals surface area contributed by atoms with E-state index in [0.717, 1.165) is 22.0 Å². The topological polar surface area (TPSA) is 67.5 Å². The monoisotopic (exact) mass is 356 g/mol. The molecule has 5 rings (SSSR count). The zero-order valence-electron chi connectivity index (χ0n) is 14.0. The van der Waals surface area contributed by atoms with Crippen LogP contribution in [0, 0.1) is 5.82 Å². The number of rotatable bonds is 3. The molecule has 6 nitrogen and oxygen atoms in total. The zero-order chi connectivity index (χ0) is 18.2. The Morgan fingerprint density at radius 2 is 1.93 bits per heavy atom. The lowest BCUT2D eigenvalue weighted by molar-refractivity contribution is 0.629. The van der Waals surface area contributed by atoms with Crippen molar-refractivity contribution in [2.75, 3.05) is 5.43 Å². The summed E-state index contributed by atoms with van der Waals surface area (Å²) < 4.78 is 15.4. The number of fused-ring (bicyclic) bond motifs is 4. The van der Waals surface area contributed by atoms with Crippen LogP contribution in [0.2, 0.25) is 0 Å². The van der Waals surface area contributed by atoms with Gasteiger partial charge in [-0.1, -0.05) is 18.2 Å². The molecular weight excluding hydrogens is 343 g/mol. The lowest BCUT2D eigenvalue weighted by atomic mass is 10.1. The highest BCUT2D eigenvalue weighted by molar-refractivity contribution is 5.98. The van der Waals surface area contributed by atoms with Crippen LogP contribution in [0.3, 0.4) is 0 Å². The number of nitrogens with one attached hydrogen (secondary N) is 1. The van der Waals surface area contributed by atoms with Crippen molar-refractivity contribution in [3.63, 3.8) is 0 Å². The standard InChI is InChI=1S/C20H13FN6/c21-14-5-6-18-17(11-14)25-19(20-23-9-10-27(18)20)26-24-12-13-7-8-22-16-4-2-1-3-15(13)16/h1-12H,(H,25,26)/b24-12+. The number of para-hydroxylation sites is 1. The van der Waals surface area contributed by atoms with Crippen LogP contribution < -0.4 is 5.43 Å². The van der Waals surface area contributed by atoms with Crippen LogP contribution >= 0.6 is 0 Å². The first-order valence-corrected chi connectivity index (χ1v) is 8.35. The first kappa shape index (κ1) is 15.4. The lowest BCUT2D eigenvalue weighted by Crippen LogP contribution is -2.00. The van der Waals surface area contributed by atoms with Gasteiger partial charge in [-0.3, -0.25) is 14.8 Å². The van der Waals surface area contributed by atoms with Crippen molar-refractivity contribution < 1.29 is 4.39 Å². The minimum atomic E-state index is -0.341. The first-order valence-electron chi connectivity index (χ1n) is 8.35. The summed E-state index contributed by atoms with van der Waals surface area (Å²) in [5.74, 6) is 0.111. The molecule has 130 valence electrons. The van der Waals surface area contributed by atoms with E-state index in [2.05, 4.69) is 25.5 Å². The van der Waals surface area contributed by atoms with Crippen molar-refractivity contribution in [3.8, 4) is 0 Å². The number of hydrogen-bond acceptors (Lipinski definition) is 5. The van der Waals surface area contributed by atoms with Crippen molar-refractivity contribution in [2.45, 2.75) is 0 Å². The van der Waals surface area contributed by atoms with E-state index in [1.54, 1.807) is 24.7 Å². The second kappa shape index (κ2) is 6.14. The third-order valence-corrected chi connectivity index (χ3v) is 4.34. The van der Waals surface area contributed by atoms with E-state index in [0.29, 0.717) is 17.0 Å². The number of halogens is 1. The number of hydrogen-bond donors (Lipinski definition) is 1. The molecule has 0 spiro atoms. The molecule has 0 aliphatic rings. The number of benzene rings is 2. The maximum absolute atomic E-state index is 13.6. The van der Waals surface area contributed by atoms with E-state index in [-0.39, 0.29) is 5.82 Å². The molecule has 0 radical (unpaired) electrons. The van der Waals surface area contributed by atoms with Crippen LogP contribution in [0.1, 0.15) is 5.56 Å². The Bertz CT molecular complexity index is 1320. The van der Waals surface area contributed by atoms with Crippen LogP contribution in [-0.2, 0) is 0 Å². The molecule has 0 aliphatic carbocycles. The van der Waals surface area contributed by atoms with Crippen molar-refractivity contribution in [1.82, 2.24) is 19.4 Å². The van der Waals surface area contributed by atoms with E-state index < -0.39 is 0 Å². The Kier molecular flexibility index (Phi) is 3.50. The quantitative estimate of drug-likeness (QED) is 0.392. The highest BCUT2D eigenvalue weighted by Gasteiger charge is 2.09. The average molecular weight is 356 g/mol. The molecule has 0 saturated heterocycles. The zero-order valence-corrected chi connectivity index (χ0v) is 14.0. The second-order valence-corrected chi connectivity index (χ2v) is 6.00. The number of anilines is 1. The van der Waals surface area contributed by atoms with E-state index in [1.165, 1.54) is 12.1 Å². The molecule has 0 amide bonds. The summed E-state index contributed by atoms with van der Waals surface area (Å²) in [5, 5.41) is 5.31. The van der Waals surface area contributed by atoms with Gasteiger partial charge in [0.15, 0.2) is 11.5 Å². The summed E-state index contributed by atoms with van der Waals surface area (Å²) in [6, 6.07) is 14.2.